The lowest BCUT2D eigenvalue weighted by molar-refractivity contribution is -0.115. The van der Waals surface area contributed by atoms with Gasteiger partial charge in [0.25, 0.3) is 5.91 Å². The van der Waals surface area contributed by atoms with E-state index in [0.717, 1.165) is 16.8 Å². The lowest BCUT2D eigenvalue weighted by Crippen LogP contribution is -2.19. The number of benzene rings is 1. The van der Waals surface area contributed by atoms with Gasteiger partial charge in [0.2, 0.25) is 0 Å². The average molecular weight is 316 g/mol. The van der Waals surface area contributed by atoms with Gasteiger partial charge in [-0.1, -0.05) is 16.6 Å². The van der Waals surface area contributed by atoms with Crippen molar-refractivity contribution in [3.63, 3.8) is 0 Å². The molecular formula is C14H12N4OS2. The summed E-state index contributed by atoms with van der Waals surface area (Å²) in [5.41, 5.74) is 3.77. The fourth-order valence-electron chi connectivity index (χ4n) is 1.80. The summed E-state index contributed by atoms with van der Waals surface area (Å²) in [5.74, 6) is -0.156. The lowest BCUT2D eigenvalue weighted by atomic mass is 10.1. The molecule has 21 heavy (non-hydrogen) atoms. The van der Waals surface area contributed by atoms with E-state index in [9.17, 15) is 4.79 Å². The number of rotatable bonds is 2. The van der Waals surface area contributed by atoms with Crippen LogP contribution in [0, 0.1) is 13.8 Å². The third-order valence-corrected chi connectivity index (χ3v) is 4.33. The third-order valence-electron chi connectivity index (χ3n) is 2.89. The van der Waals surface area contributed by atoms with Crippen molar-refractivity contribution in [1.29, 1.82) is 0 Å². The first-order valence-electron chi connectivity index (χ1n) is 6.26. The van der Waals surface area contributed by atoms with E-state index in [1.165, 1.54) is 23.3 Å². The second-order valence-corrected chi connectivity index (χ2v) is 6.24. The van der Waals surface area contributed by atoms with Gasteiger partial charge in [0.1, 0.15) is 0 Å². The molecule has 0 saturated carbocycles. The molecule has 2 aromatic rings. The third kappa shape index (κ3) is 3.20. The molecule has 0 unspecified atom stereocenters. The Balaban J connectivity index is 1.87. The standard InChI is InChI=1S/C14H12N4OS2/c1-8-3-4-9(2)11(5-8)15-14-16-13(19)12(21-14)6-10-7-20-18-17-10/h3-7H,1-2H3,(H,15,16,19). The molecule has 1 N–H and O–H groups in total. The van der Waals surface area contributed by atoms with E-state index in [-0.39, 0.29) is 5.91 Å². The summed E-state index contributed by atoms with van der Waals surface area (Å²) in [7, 11) is 0. The van der Waals surface area contributed by atoms with Gasteiger partial charge < -0.3 is 5.32 Å². The number of carbonyl (C=O) groups is 1. The molecule has 0 aliphatic carbocycles. The molecular weight excluding hydrogens is 304 g/mol. The van der Waals surface area contributed by atoms with Crippen LogP contribution in [0.5, 0.6) is 0 Å². The molecule has 7 heteroatoms. The van der Waals surface area contributed by atoms with E-state index < -0.39 is 0 Å². The van der Waals surface area contributed by atoms with E-state index >= 15 is 0 Å². The van der Waals surface area contributed by atoms with Crippen molar-refractivity contribution in [2.24, 2.45) is 4.99 Å². The highest BCUT2D eigenvalue weighted by Gasteiger charge is 2.24. The molecule has 1 aromatic carbocycles. The maximum Gasteiger partial charge on any atom is 0.264 e. The van der Waals surface area contributed by atoms with E-state index in [1.54, 1.807) is 11.5 Å². The number of thioether (sulfide) groups is 1. The number of hydrogen-bond acceptors (Lipinski definition) is 6. The van der Waals surface area contributed by atoms with Crippen LogP contribution in [-0.4, -0.2) is 20.7 Å². The van der Waals surface area contributed by atoms with Crippen LogP contribution in [0.4, 0.5) is 5.69 Å². The largest absolute Gasteiger partial charge is 0.300 e. The topological polar surface area (TPSA) is 67.2 Å². The van der Waals surface area contributed by atoms with Crippen LogP contribution in [0.3, 0.4) is 0 Å². The van der Waals surface area contributed by atoms with Gasteiger partial charge in [-0.3, -0.25) is 4.79 Å². The predicted octanol–water partition coefficient (Wildman–Crippen LogP) is 3.05. The summed E-state index contributed by atoms with van der Waals surface area (Å²) in [5, 5.41) is 9.06. The molecule has 1 fully saturated rings. The Morgan fingerprint density at radius 2 is 2.19 bits per heavy atom. The van der Waals surface area contributed by atoms with Crippen molar-refractivity contribution in [3.8, 4) is 0 Å². The summed E-state index contributed by atoms with van der Waals surface area (Å²) in [6.45, 7) is 4.02. The molecule has 106 valence electrons. The van der Waals surface area contributed by atoms with E-state index in [4.69, 9.17) is 0 Å². The van der Waals surface area contributed by atoms with Crippen molar-refractivity contribution >= 4 is 46.1 Å². The molecule has 1 aliphatic rings. The lowest BCUT2D eigenvalue weighted by Gasteiger charge is -2.02. The maximum absolute atomic E-state index is 11.9. The van der Waals surface area contributed by atoms with Crippen molar-refractivity contribution in [1.82, 2.24) is 14.9 Å². The van der Waals surface area contributed by atoms with Crippen molar-refractivity contribution in [3.05, 3.63) is 45.3 Å². The predicted molar refractivity (Wildman–Crippen MR) is 86.6 cm³/mol. The second-order valence-electron chi connectivity index (χ2n) is 4.60. The van der Waals surface area contributed by atoms with Gasteiger partial charge >= 0.3 is 0 Å². The number of aryl methyl sites for hydroxylation is 2. The first-order chi connectivity index (χ1) is 10.1. The van der Waals surface area contributed by atoms with Gasteiger partial charge in [-0.25, -0.2) is 4.99 Å². The minimum Gasteiger partial charge on any atom is -0.300 e. The molecule has 0 bridgehead atoms. The number of aliphatic imine (C=N–C) groups is 1. The van der Waals surface area contributed by atoms with Crippen molar-refractivity contribution in [2.75, 3.05) is 0 Å². The van der Waals surface area contributed by atoms with Gasteiger partial charge in [-0.2, -0.15) is 0 Å². The fraction of sp³-hybridized carbons (Fsp3) is 0.143. The van der Waals surface area contributed by atoms with Gasteiger partial charge in [0, 0.05) is 5.38 Å². The van der Waals surface area contributed by atoms with Gasteiger partial charge in [-0.15, -0.1) is 5.10 Å². The number of nitrogens with zero attached hydrogens (tertiary/aromatic N) is 3. The minimum absolute atomic E-state index is 0.156. The van der Waals surface area contributed by atoms with Crippen molar-refractivity contribution in [2.45, 2.75) is 13.8 Å². The number of aromatic nitrogens is 2. The summed E-state index contributed by atoms with van der Waals surface area (Å²) in [4.78, 5) is 17.0. The normalized spacial score (nSPS) is 18.5. The Morgan fingerprint density at radius 3 is 2.95 bits per heavy atom. The molecule has 2 heterocycles. The molecule has 0 spiro atoms. The highest BCUT2D eigenvalue weighted by atomic mass is 32.2. The molecule has 0 radical (unpaired) electrons. The highest BCUT2D eigenvalue weighted by molar-refractivity contribution is 8.18. The number of carbonyl (C=O) groups excluding carboxylic acids is 1. The Labute approximate surface area is 130 Å². The monoisotopic (exact) mass is 316 g/mol. The Kier molecular flexibility index (Phi) is 3.85. The van der Waals surface area contributed by atoms with Crippen LogP contribution in [0.1, 0.15) is 16.8 Å². The average Bonchev–Trinajstić information content (AvgIpc) is 3.06. The summed E-state index contributed by atoms with van der Waals surface area (Å²) >= 11 is 2.57. The van der Waals surface area contributed by atoms with Crippen LogP contribution >= 0.6 is 23.3 Å². The van der Waals surface area contributed by atoms with E-state index in [1.807, 2.05) is 32.0 Å². The smallest absolute Gasteiger partial charge is 0.264 e. The van der Waals surface area contributed by atoms with Gasteiger partial charge in [0.05, 0.1) is 16.3 Å². The number of nitrogens with one attached hydrogen (secondary N) is 1. The first kappa shape index (κ1) is 14.0. The maximum atomic E-state index is 11.9. The Hall–Kier alpha value is -1.99. The zero-order valence-electron chi connectivity index (χ0n) is 11.5. The molecule has 0 atom stereocenters. The first-order valence-corrected chi connectivity index (χ1v) is 7.91. The Morgan fingerprint density at radius 1 is 1.33 bits per heavy atom. The summed E-state index contributed by atoms with van der Waals surface area (Å²) in [6.07, 6.45) is 1.72. The van der Waals surface area contributed by atoms with Crippen LogP contribution in [0.2, 0.25) is 0 Å². The van der Waals surface area contributed by atoms with Crippen LogP contribution in [0.15, 0.2) is 33.5 Å². The SMILES string of the molecule is Cc1ccc(C)c(N=C2NC(=O)C(=Cc3csnn3)S2)c1. The molecule has 1 amide bonds. The number of amides is 1. The zero-order valence-corrected chi connectivity index (χ0v) is 13.1. The van der Waals surface area contributed by atoms with Crippen molar-refractivity contribution < 1.29 is 4.79 Å². The molecule has 1 saturated heterocycles. The minimum atomic E-state index is -0.156. The quantitative estimate of drug-likeness (QED) is 0.865. The zero-order chi connectivity index (χ0) is 14.8. The number of hydrogen-bond donors (Lipinski definition) is 1. The molecule has 1 aliphatic heterocycles. The number of amidine groups is 1. The van der Waals surface area contributed by atoms with Gasteiger partial charge in [0.15, 0.2) is 5.17 Å². The fourth-order valence-corrected chi connectivity index (χ4v) is 3.03. The molecule has 1 aromatic heterocycles. The van der Waals surface area contributed by atoms with E-state index in [0.29, 0.717) is 15.8 Å². The Bertz CT molecular complexity index is 750. The van der Waals surface area contributed by atoms with Crippen LogP contribution in [-0.2, 0) is 4.79 Å². The van der Waals surface area contributed by atoms with E-state index in [2.05, 4.69) is 19.9 Å². The second kappa shape index (κ2) is 5.79. The van der Waals surface area contributed by atoms with Crippen LogP contribution in [0.25, 0.3) is 6.08 Å². The highest BCUT2D eigenvalue weighted by Crippen LogP contribution is 2.29. The summed E-state index contributed by atoms with van der Waals surface area (Å²) < 4.78 is 3.77. The van der Waals surface area contributed by atoms with Gasteiger partial charge in [-0.05, 0) is 60.4 Å². The molecule has 5 nitrogen and oxygen atoms in total. The summed E-state index contributed by atoms with van der Waals surface area (Å²) in [6, 6.07) is 6.06. The molecule has 3 rings (SSSR count). The van der Waals surface area contributed by atoms with Crippen LogP contribution < -0.4 is 5.32 Å².